The molecule has 2 unspecified atom stereocenters. The number of sulfonamides is 1. The van der Waals surface area contributed by atoms with Gasteiger partial charge in [0.25, 0.3) is 0 Å². The molecule has 1 aromatic carbocycles. The van der Waals surface area contributed by atoms with Crippen molar-refractivity contribution in [2.24, 2.45) is 0 Å². The third-order valence-corrected chi connectivity index (χ3v) is 6.53. The first-order chi connectivity index (χ1) is 10.1. The number of rotatable bonds is 3. The van der Waals surface area contributed by atoms with E-state index in [4.69, 9.17) is 0 Å². The second-order valence-corrected chi connectivity index (χ2v) is 7.74. The van der Waals surface area contributed by atoms with Crippen molar-refractivity contribution in [3.8, 4) is 0 Å². The summed E-state index contributed by atoms with van der Waals surface area (Å²) in [4.78, 5) is 11.5. The van der Waals surface area contributed by atoms with Crippen molar-refractivity contribution in [1.29, 1.82) is 0 Å². The molecule has 7 heteroatoms. The maximum Gasteiger partial charge on any atom is 0.322 e. The van der Waals surface area contributed by atoms with Crippen molar-refractivity contribution in [1.82, 2.24) is 4.31 Å². The fourth-order valence-electron chi connectivity index (χ4n) is 2.96. The number of nitrogens with zero attached hydrogens (tertiary/aromatic N) is 1. The minimum atomic E-state index is -3.98. The summed E-state index contributed by atoms with van der Waals surface area (Å²) >= 11 is 0. The van der Waals surface area contributed by atoms with E-state index in [1.54, 1.807) is 13.8 Å². The molecule has 1 aromatic rings. The maximum absolute atomic E-state index is 13.0. The molecule has 6 nitrogen and oxygen atoms in total. The van der Waals surface area contributed by atoms with Crippen molar-refractivity contribution in [3.05, 3.63) is 28.3 Å². The molecule has 2 rings (SSSR count). The third kappa shape index (κ3) is 2.64. The number of carboxylic acids is 1. The van der Waals surface area contributed by atoms with E-state index in [2.05, 4.69) is 0 Å². The molecule has 1 aliphatic rings. The van der Waals surface area contributed by atoms with Crippen molar-refractivity contribution in [2.45, 2.75) is 51.2 Å². The minimum absolute atomic E-state index is 0.0859. The zero-order chi connectivity index (χ0) is 16.8. The van der Waals surface area contributed by atoms with Gasteiger partial charge in [-0.15, -0.1) is 0 Å². The Hall–Kier alpha value is -1.44. The van der Waals surface area contributed by atoms with Crippen LogP contribution in [0.2, 0.25) is 0 Å². The lowest BCUT2D eigenvalue weighted by atomic mass is 10.0. The van der Waals surface area contributed by atoms with E-state index in [1.165, 1.54) is 0 Å². The van der Waals surface area contributed by atoms with Crippen LogP contribution in [0.15, 0.2) is 11.0 Å². The van der Waals surface area contributed by atoms with Gasteiger partial charge in [0.2, 0.25) is 10.0 Å². The monoisotopic (exact) mass is 327 g/mol. The summed E-state index contributed by atoms with van der Waals surface area (Å²) in [5.41, 5.74) is 2.92. The lowest BCUT2D eigenvalue weighted by Gasteiger charge is -2.24. The van der Waals surface area contributed by atoms with Crippen LogP contribution in [-0.2, 0) is 14.8 Å². The molecule has 0 aliphatic carbocycles. The standard InChI is InChI=1S/C15H21NO5S/c1-8-5-9(2)11(4)14(10(8)3)22(20,21)16-7-12(17)6-13(16)15(18)19/h5,12-13,17H,6-7H2,1-4H3,(H,18,19). The van der Waals surface area contributed by atoms with Crippen molar-refractivity contribution < 1.29 is 23.4 Å². The predicted octanol–water partition coefficient (Wildman–Crippen LogP) is 1.13. The number of aliphatic carboxylic acids is 1. The average Bonchev–Trinajstić information content (AvgIpc) is 2.79. The predicted molar refractivity (Wildman–Crippen MR) is 81.3 cm³/mol. The van der Waals surface area contributed by atoms with Crippen LogP contribution >= 0.6 is 0 Å². The van der Waals surface area contributed by atoms with Gasteiger partial charge in [0, 0.05) is 13.0 Å². The SMILES string of the molecule is Cc1cc(C)c(C)c(S(=O)(=O)N2CC(O)CC2C(=O)O)c1C. The zero-order valence-electron chi connectivity index (χ0n) is 13.1. The first kappa shape index (κ1) is 16.9. The highest BCUT2D eigenvalue weighted by atomic mass is 32.2. The average molecular weight is 327 g/mol. The first-order valence-electron chi connectivity index (χ1n) is 7.07. The summed E-state index contributed by atoms with van der Waals surface area (Å²) in [6.07, 6.45) is -1.04. The Morgan fingerprint density at radius 1 is 1.18 bits per heavy atom. The topological polar surface area (TPSA) is 94.9 Å². The number of carboxylic acid groups (broad SMARTS) is 1. The Morgan fingerprint density at radius 3 is 2.14 bits per heavy atom. The normalized spacial score (nSPS) is 23.0. The molecule has 2 N–H and O–H groups in total. The van der Waals surface area contributed by atoms with Crippen LogP contribution in [0.25, 0.3) is 0 Å². The molecule has 2 atom stereocenters. The second-order valence-electron chi connectivity index (χ2n) is 5.91. The molecule has 0 aromatic heterocycles. The lowest BCUT2D eigenvalue weighted by Crippen LogP contribution is -2.41. The highest BCUT2D eigenvalue weighted by Gasteiger charge is 2.44. The summed E-state index contributed by atoms with van der Waals surface area (Å²) in [5.74, 6) is -1.24. The van der Waals surface area contributed by atoms with Crippen molar-refractivity contribution in [2.75, 3.05) is 6.54 Å². The number of hydrogen-bond acceptors (Lipinski definition) is 4. The van der Waals surface area contributed by atoms with Gasteiger partial charge >= 0.3 is 5.97 Å². The number of hydrogen-bond donors (Lipinski definition) is 2. The summed E-state index contributed by atoms with van der Waals surface area (Å²) in [7, 11) is -3.98. The van der Waals surface area contributed by atoms with Gasteiger partial charge in [0.15, 0.2) is 0 Å². The minimum Gasteiger partial charge on any atom is -0.480 e. The fraction of sp³-hybridized carbons (Fsp3) is 0.533. The van der Waals surface area contributed by atoms with Gasteiger partial charge in [0.1, 0.15) is 6.04 Å². The summed E-state index contributed by atoms with van der Waals surface area (Å²) < 4.78 is 26.9. The van der Waals surface area contributed by atoms with Crippen LogP contribution in [0.1, 0.15) is 28.7 Å². The second kappa shape index (κ2) is 5.64. The Labute approximate surface area is 130 Å². The van der Waals surface area contributed by atoms with E-state index in [9.17, 15) is 23.4 Å². The number of benzene rings is 1. The molecular formula is C15H21NO5S. The van der Waals surface area contributed by atoms with Crippen molar-refractivity contribution >= 4 is 16.0 Å². The molecule has 1 heterocycles. The molecule has 0 bridgehead atoms. The van der Waals surface area contributed by atoms with Gasteiger partial charge in [-0.2, -0.15) is 4.31 Å². The van der Waals surface area contributed by atoms with E-state index >= 15 is 0 Å². The van der Waals surface area contributed by atoms with E-state index < -0.39 is 28.1 Å². The van der Waals surface area contributed by atoms with E-state index in [-0.39, 0.29) is 17.9 Å². The molecule has 22 heavy (non-hydrogen) atoms. The van der Waals surface area contributed by atoms with E-state index in [0.717, 1.165) is 15.4 Å². The number of aryl methyl sites for hydroxylation is 2. The molecular weight excluding hydrogens is 306 g/mol. The molecule has 1 fully saturated rings. The van der Waals surface area contributed by atoms with Crippen LogP contribution in [0.5, 0.6) is 0 Å². The first-order valence-corrected chi connectivity index (χ1v) is 8.51. The summed E-state index contributed by atoms with van der Waals surface area (Å²) in [6.45, 7) is 6.90. The van der Waals surface area contributed by atoms with Crippen molar-refractivity contribution in [3.63, 3.8) is 0 Å². The maximum atomic E-state index is 13.0. The Balaban J connectivity index is 2.63. The quantitative estimate of drug-likeness (QED) is 0.868. The van der Waals surface area contributed by atoms with E-state index in [0.29, 0.717) is 11.1 Å². The smallest absolute Gasteiger partial charge is 0.322 e. The van der Waals surface area contributed by atoms with Gasteiger partial charge in [-0.1, -0.05) is 6.07 Å². The molecule has 0 saturated carbocycles. The van der Waals surface area contributed by atoms with Gasteiger partial charge < -0.3 is 10.2 Å². The molecule has 1 saturated heterocycles. The molecule has 0 spiro atoms. The van der Waals surface area contributed by atoms with Gasteiger partial charge in [-0.25, -0.2) is 8.42 Å². The Kier molecular flexibility index (Phi) is 4.34. The number of β-amino-alcohol motifs (C(OH)–C–C–N with tert-alkyl or cyclic N) is 1. The fourth-order valence-corrected chi connectivity index (χ4v) is 5.17. The zero-order valence-corrected chi connectivity index (χ0v) is 13.9. The number of aliphatic hydroxyl groups excluding tert-OH is 1. The lowest BCUT2D eigenvalue weighted by molar-refractivity contribution is -0.140. The highest BCUT2D eigenvalue weighted by Crippen LogP contribution is 2.32. The van der Waals surface area contributed by atoms with Gasteiger partial charge in [-0.3, -0.25) is 4.79 Å². The molecule has 122 valence electrons. The summed E-state index contributed by atoms with van der Waals surface area (Å²) in [6, 6.07) is 0.691. The number of carbonyl (C=O) groups is 1. The number of aliphatic hydroxyl groups is 1. The van der Waals surface area contributed by atoms with E-state index in [1.807, 2.05) is 19.9 Å². The van der Waals surface area contributed by atoms with Crippen LogP contribution < -0.4 is 0 Å². The molecule has 0 amide bonds. The Morgan fingerprint density at radius 2 is 1.68 bits per heavy atom. The van der Waals surface area contributed by atoms with Crippen LogP contribution in [0, 0.1) is 27.7 Å². The third-order valence-electron chi connectivity index (χ3n) is 4.38. The van der Waals surface area contributed by atoms with Crippen LogP contribution in [-0.4, -0.2) is 47.6 Å². The highest BCUT2D eigenvalue weighted by molar-refractivity contribution is 7.89. The molecule has 0 radical (unpaired) electrons. The Bertz CT molecular complexity index is 700. The van der Waals surface area contributed by atoms with Crippen LogP contribution in [0.4, 0.5) is 0 Å². The van der Waals surface area contributed by atoms with Crippen LogP contribution in [0.3, 0.4) is 0 Å². The van der Waals surface area contributed by atoms with Gasteiger partial charge in [-0.05, 0) is 49.9 Å². The summed E-state index contributed by atoms with van der Waals surface area (Å²) in [5, 5.41) is 18.9. The molecule has 1 aliphatic heterocycles. The largest absolute Gasteiger partial charge is 0.480 e. The van der Waals surface area contributed by atoms with Gasteiger partial charge in [0.05, 0.1) is 11.0 Å².